The van der Waals surface area contributed by atoms with Crippen molar-refractivity contribution >= 4 is 27.7 Å². The number of hydrogen-bond donors (Lipinski definition) is 0. The second-order valence-electron chi connectivity index (χ2n) is 14.5. The summed E-state index contributed by atoms with van der Waals surface area (Å²) in [6, 6.07) is 35.5. The van der Waals surface area contributed by atoms with E-state index in [0.29, 0.717) is 5.90 Å². The molecule has 2 aliphatic rings. The molecule has 49 heavy (non-hydrogen) atoms. The van der Waals surface area contributed by atoms with Gasteiger partial charge in [-0.1, -0.05) is 65.7 Å². The molecule has 5 aromatic carbocycles. The van der Waals surface area contributed by atoms with Gasteiger partial charge in [0.1, 0.15) is 5.54 Å². The molecule has 9 rings (SSSR count). The average Bonchev–Trinajstić information content (AvgIpc) is 3.60. The molecule has 0 amide bonds. The Hall–Kier alpha value is -5.48. The highest BCUT2D eigenvalue weighted by molar-refractivity contribution is 6.10. The van der Waals surface area contributed by atoms with Crippen LogP contribution in [0.4, 0.5) is 0 Å². The Kier molecular flexibility index (Phi) is 6.36. The van der Waals surface area contributed by atoms with Crippen molar-refractivity contribution in [3.63, 3.8) is 0 Å². The van der Waals surface area contributed by atoms with Crippen molar-refractivity contribution < 1.29 is 4.74 Å². The van der Waals surface area contributed by atoms with Gasteiger partial charge in [-0.15, -0.1) is 0 Å². The first-order chi connectivity index (χ1) is 23.6. The quantitative estimate of drug-likeness (QED) is 0.193. The van der Waals surface area contributed by atoms with E-state index in [1.165, 1.54) is 60.8 Å². The van der Waals surface area contributed by atoms with Crippen molar-refractivity contribution in [3.05, 3.63) is 153 Å². The van der Waals surface area contributed by atoms with Crippen LogP contribution in [0.15, 0.2) is 108 Å². The maximum atomic E-state index is 7.05. The molecule has 1 aliphatic carbocycles. The van der Waals surface area contributed by atoms with Gasteiger partial charge in [-0.25, -0.2) is 4.99 Å². The SMILES string of the molecule is Cc1cc(C2=N[C@]3(C)c4cc(C)cc(C)c4-c4c(C)cc(C)cc4[C@@H]3O2)cc(-n2c3ccccc3c3ccc(-c4cc(C)ccn4)cc32)c1. The van der Waals surface area contributed by atoms with Gasteiger partial charge in [0.2, 0.25) is 5.90 Å². The van der Waals surface area contributed by atoms with Crippen LogP contribution in [0.1, 0.15) is 63.1 Å². The molecular formula is C45H39N3O. The van der Waals surface area contributed by atoms with Crippen LogP contribution in [0.2, 0.25) is 0 Å². The largest absolute Gasteiger partial charge is 0.466 e. The second-order valence-corrected chi connectivity index (χ2v) is 14.5. The van der Waals surface area contributed by atoms with E-state index in [0.717, 1.165) is 39.1 Å². The van der Waals surface area contributed by atoms with E-state index >= 15 is 0 Å². The van der Waals surface area contributed by atoms with E-state index in [2.05, 4.69) is 144 Å². The van der Waals surface area contributed by atoms with Crippen molar-refractivity contribution in [2.24, 2.45) is 4.99 Å². The Labute approximate surface area is 287 Å². The molecule has 0 spiro atoms. The molecule has 240 valence electrons. The van der Waals surface area contributed by atoms with Gasteiger partial charge in [0, 0.05) is 39.3 Å². The number of hydrogen-bond acceptors (Lipinski definition) is 3. The Morgan fingerprint density at radius 2 is 1.37 bits per heavy atom. The van der Waals surface area contributed by atoms with Crippen LogP contribution in [0.3, 0.4) is 0 Å². The lowest BCUT2D eigenvalue weighted by molar-refractivity contribution is 0.145. The molecule has 2 atom stereocenters. The maximum absolute atomic E-state index is 7.05. The highest BCUT2D eigenvalue weighted by Crippen LogP contribution is 2.57. The number of aliphatic imine (C=N–C) groups is 1. The predicted molar refractivity (Wildman–Crippen MR) is 202 cm³/mol. The molecule has 1 aliphatic heterocycles. The number of aromatic nitrogens is 2. The van der Waals surface area contributed by atoms with Gasteiger partial charge in [0.15, 0.2) is 6.10 Å². The van der Waals surface area contributed by atoms with E-state index in [1.54, 1.807) is 0 Å². The van der Waals surface area contributed by atoms with E-state index in [9.17, 15) is 0 Å². The van der Waals surface area contributed by atoms with Crippen molar-refractivity contribution in [2.45, 2.75) is 60.1 Å². The van der Waals surface area contributed by atoms with Gasteiger partial charge in [-0.3, -0.25) is 4.98 Å². The standard InChI is InChI=1S/C45H39N3O/c1-25-14-15-46-38(22-25)31-12-13-35-34-10-8-9-11-39(34)48(40(35)24-31)33-19-28(4)18-32(23-33)44-47-45(7)37-21-27(3)17-30(6)42(37)41-29(5)16-26(2)20-36(41)43(45)49-44/h8-24,43H,1-7H3/t43-,45+/m0/s1. The van der Waals surface area contributed by atoms with Crippen LogP contribution in [-0.4, -0.2) is 15.4 Å². The molecule has 0 fully saturated rings. The molecule has 4 heteroatoms. The fourth-order valence-corrected chi connectivity index (χ4v) is 8.59. The summed E-state index contributed by atoms with van der Waals surface area (Å²) < 4.78 is 9.43. The van der Waals surface area contributed by atoms with Crippen molar-refractivity contribution in [1.82, 2.24) is 9.55 Å². The zero-order valence-electron chi connectivity index (χ0n) is 29.1. The van der Waals surface area contributed by atoms with Crippen LogP contribution in [0.5, 0.6) is 0 Å². The fraction of sp³-hybridized carbons (Fsp3) is 0.200. The summed E-state index contributed by atoms with van der Waals surface area (Å²) in [5, 5.41) is 2.44. The van der Waals surface area contributed by atoms with Crippen LogP contribution in [0.25, 0.3) is 49.9 Å². The van der Waals surface area contributed by atoms with Gasteiger partial charge in [0.25, 0.3) is 0 Å². The van der Waals surface area contributed by atoms with Crippen LogP contribution >= 0.6 is 0 Å². The fourth-order valence-electron chi connectivity index (χ4n) is 8.59. The number of benzene rings is 5. The maximum Gasteiger partial charge on any atom is 0.217 e. The number of pyridine rings is 1. The van der Waals surface area contributed by atoms with E-state index in [-0.39, 0.29) is 6.10 Å². The lowest BCUT2D eigenvalue weighted by Crippen LogP contribution is -2.31. The Morgan fingerprint density at radius 3 is 2.18 bits per heavy atom. The zero-order valence-corrected chi connectivity index (χ0v) is 29.1. The van der Waals surface area contributed by atoms with Crippen LogP contribution < -0.4 is 0 Å². The number of para-hydroxylation sites is 1. The lowest BCUT2D eigenvalue weighted by atomic mass is 9.70. The molecule has 0 radical (unpaired) electrons. The minimum Gasteiger partial charge on any atom is -0.466 e. The van der Waals surface area contributed by atoms with Gasteiger partial charge >= 0.3 is 0 Å². The third kappa shape index (κ3) is 4.43. The Balaban J connectivity index is 1.24. The van der Waals surface area contributed by atoms with Gasteiger partial charge in [0.05, 0.1) is 16.7 Å². The zero-order chi connectivity index (χ0) is 33.8. The Bertz CT molecular complexity index is 2570. The number of rotatable bonds is 3. The minimum absolute atomic E-state index is 0.216. The molecule has 3 heterocycles. The molecule has 0 saturated heterocycles. The molecular weight excluding hydrogens is 599 g/mol. The van der Waals surface area contributed by atoms with Gasteiger partial charge in [-0.05, 0) is 130 Å². The lowest BCUT2D eigenvalue weighted by Gasteiger charge is -2.38. The summed E-state index contributed by atoms with van der Waals surface area (Å²) in [5.41, 5.74) is 18.4. The van der Waals surface area contributed by atoms with Gasteiger partial charge < -0.3 is 9.30 Å². The van der Waals surface area contributed by atoms with Crippen molar-refractivity contribution in [1.29, 1.82) is 0 Å². The third-order valence-electron chi connectivity index (χ3n) is 10.6. The number of aryl methyl sites for hydroxylation is 6. The molecule has 4 nitrogen and oxygen atoms in total. The first-order valence-corrected chi connectivity index (χ1v) is 17.2. The van der Waals surface area contributed by atoms with Crippen molar-refractivity contribution in [2.75, 3.05) is 0 Å². The van der Waals surface area contributed by atoms with Crippen LogP contribution in [0, 0.1) is 41.5 Å². The topological polar surface area (TPSA) is 39.4 Å². The number of fused-ring (bicyclic) bond motifs is 9. The molecule has 0 saturated carbocycles. The van der Waals surface area contributed by atoms with E-state index in [4.69, 9.17) is 14.7 Å². The first-order valence-electron chi connectivity index (χ1n) is 17.2. The number of nitrogens with zero attached hydrogens (tertiary/aromatic N) is 3. The summed E-state index contributed by atoms with van der Waals surface area (Å²) in [6.45, 7) is 15.4. The monoisotopic (exact) mass is 637 g/mol. The van der Waals surface area contributed by atoms with Crippen molar-refractivity contribution in [3.8, 4) is 28.1 Å². The Morgan fingerprint density at radius 1 is 0.633 bits per heavy atom. The van der Waals surface area contributed by atoms with Gasteiger partial charge in [-0.2, -0.15) is 0 Å². The highest BCUT2D eigenvalue weighted by atomic mass is 16.5. The smallest absolute Gasteiger partial charge is 0.217 e. The second kappa shape index (κ2) is 10.5. The number of ether oxygens (including phenoxy) is 1. The molecule has 0 unspecified atom stereocenters. The predicted octanol–water partition coefficient (Wildman–Crippen LogP) is 11.1. The molecule has 2 aromatic heterocycles. The van der Waals surface area contributed by atoms with E-state index in [1.807, 2.05) is 12.3 Å². The summed E-state index contributed by atoms with van der Waals surface area (Å²) in [5.74, 6) is 0.694. The molecule has 0 N–H and O–H groups in total. The summed E-state index contributed by atoms with van der Waals surface area (Å²) in [7, 11) is 0. The minimum atomic E-state index is -0.554. The third-order valence-corrected chi connectivity index (χ3v) is 10.6. The summed E-state index contributed by atoms with van der Waals surface area (Å²) in [4.78, 5) is 10.2. The van der Waals surface area contributed by atoms with Crippen LogP contribution in [-0.2, 0) is 10.3 Å². The molecule has 7 aromatic rings. The first kappa shape index (κ1) is 29.6. The average molecular weight is 638 g/mol. The highest BCUT2D eigenvalue weighted by Gasteiger charge is 2.50. The normalized spacial score (nSPS) is 17.9. The summed E-state index contributed by atoms with van der Waals surface area (Å²) in [6.07, 6.45) is 1.67. The molecule has 0 bridgehead atoms. The summed E-state index contributed by atoms with van der Waals surface area (Å²) >= 11 is 0. The van der Waals surface area contributed by atoms with E-state index < -0.39 is 5.54 Å².